The molecule has 180 valence electrons. The first-order valence-electron chi connectivity index (χ1n) is 10.9. The molecule has 3 aromatic rings. The molecule has 2 amide bonds. The number of carboxylic acid groups (broad SMARTS) is 1. The Kier molecular flexibility index (Phi) is 7.73. The summed E-state index contributed by atoms with van der Waals surface area (Å²) in [6.07, 6.45) is -1.20. The van der Waals surface area contributed by atoms with Crippen LogP contribution >= 0.6 is 27.5 Å². The van der Waals surface area contributed by atoms with Gasteiger partial charge in [-0.3, -0.25) is 9.59 Å². The molecule has 1 aliphatic rings. The lowest BCUT2D eigenvalue weighted by Gasteiger charge is -2.19. The molecule has 3 aromatic carbocycles. The first-order chi connectivity index (χ1) is 16.8. The number of hydrogen-bond donors (Lipinski definition) is 3. The molecule has 1 unspecified atom stereocenters. The zero-order chi connectivity index (χ0) is 24.9. The van der Waals surface area contributed by atoms with Crippen molar-refractivity contribution < 1.29 is 24.2 Å². The minimum absolute atomic E-state index is 0.0788. The molecule has 9 heteroatoms. The van der Waals surface area contributed by atoms with E-state index in [1.165, 1.54) is 0 Å². The predicted octanol–water partition coefficient (Wildman–Crippen LogP) is 5.81. The lowest BCUT2D eigenvalue weighted by atomic mass is 9.98. The number of hydrogen-bond acceptors (Lipinski definition) is 4. The standard InChI is InChI=1S/C26H22BrClN2O5/c27-21-10-9-15(13-22(21)28)29-25(33)23(11-12-24(31)32)30-26(34)35-14-20-18-7-3-1-5-16(18)17-6-2-4-8-19(17)20/h1-10,13,20,23H,11-12,14H2,(H,29,33)(H,30,34)(H,31,32). The van der Waals surface area contributed by atoms with Gasteiger partial charge >= 0.3 is 12.1 Å². The SMILES string of the molecule is O=C(O)CCC(NC(=O)OCC1c2ccccc2-c2ccccc21)C(=O)Nc1ccc(Br)c(Cl)c1. The van der Waals surface area contributed by atoms with Crippen LogP contribution in [0, 0.1) is 0 Å². The van der Waals surface area contributed by atoms with Crippen LogP contribution in [0.15, 0.2) is 71.2 Å². The Labute approximate surface area is 215 Å². The van der Waals surface area contributed by atoms with E-state index in [2.05, 4.69) is 26.6 Å². The van der Waals surface area contributed by atoms with E-state index in [9.17, 15) is 14.4 Å². The van der Waals surface area contributed by atoms with Gasteiger partial charge in [0.05, 0.1) is 5.02 Å². The fourth-order valence-electron chi connectivity index (χ4n) is 4.12. The van der Waals surface area contributed by atoms with Crippen LogP contribution in [0.25, 0.3) is 11.1 Å². The van der Waals surface area contributed by atoms with Crippen LogP contribution in [0.1, 0.15) is 29.9 Å². The average molecular weight is 558 g/mol. The Morgan fingerprint density at radius 3 is 2.23 bits per heavy atom. The van der Waals surface area contributed by atoms with Gasteiger partial charge in [-0.05, 0) is 62.8 Å². The fourth-order valence-corrected chi connectivity index (χ4v) is 4.55. The van der Waals surface area contributed by atoms with Crippen molar-refractivity contribution in [3.63, 3.8) is 0 Å². The summed E-state index contributed by atoms with van der Waals surface area (Å²) >= 11 is 9.35. The number of halogens is 2. The molecule has 0 fully saturated rings. The van der Waals surface area contributed by atoms with Gasteiger partial charge in [0.15, 0.2) is 0 Å². The van der Waals surface area contributed by atoms with E-state index < -0.39 is 24.0 Å². The molecule has 0 radical (unpaired) electrons. The number of carbonyl (C=O) groups excluding carboxylic acids is 2. The maximum absolute atomic E-state index is 12.8. The van der Waals surface area contributed by atoms with Crippen LogP contribution in [0.3, 0.4) is 0 Å². The molecule has 0 aliphatic heterocycles. The van der Waals surface area contributed by atoms with Crippen molar-refractivity contribution in [2.45, 2.75) is 24.8 Å². The highest BCUT2D eigenvalue weighted by Crippen LogP contribution is 2.44. The molecule has 35 heavy (non-hydrogen) atoms. The summed E-state index contributed by atoms with van der Waals surface area (Å²) < 4.78 is 6.17. The number of ether oxygens (including phenoxy) is 1. The Bertz CT molecular complexity index is 1240. The highest BCUT2D eigenvalue weighted by molar-refractivity contribution is 9.10. The maximum atomic E-state index is 12.8. The van der Waals surface area contributed by atoms with Gasteiger partial charge in [0, 0.05) is 22.5 Å². The number of carboxylic acids is 1. The van der Waals surface area contributed by atoms with Crippen LogP contribution in [0.2, 0.25) is 5.02 Å². The third-order valence-electron chi connectivity index (χ3n) is 5.79. The number of carbonyl (C=O) groups is 3. The molecule has 0 heterocycles. The molecule has 7 nitrogen and oxygen atoms in total. The highest BCUT2D eigenvalue weighted by atomic mass is 79.9. The number of benzene rings is 3. The zero-order valence-corrected chi connectivity index (χ0v) is 20.8. The first kappa shape index (κ1) is 24.8. The summed E-state index contributed by atoms with van der Waals surface area (Å²) in [5, 5.41) is 14.6. The third kappa shape index (κ3) is 5.83. The number of nitrogens with one attached hydrogen (secondary N) is 2. The Morgan fingerprint density at radius 2 is 1.63 bits per heavy atom. The molecule has 0 saturated carbocycles. The van der Waals surface area contributed by atoms with Crippen LogP contribution in [-0.4, -0.2) is 35.7 Å². The largest absolute Gasteiger partial charge is 0.481 e. The van der Waals surface area contributed by atoms with Crippen LogP contribution < -0.4 is 10.6 Å². The fraction of sp³-hybridized carbons (Fsp3) is 0.192. The van der Waals surface area contributed by atoms with Gasteiger partial charge in [0.25, 0.3) is 0 Å². The van der Waals surface area contributed by atoms with E-state index in [0.717, 1.165) is 22.3 Å². The summed E-state index contributed by atoms with van der Waals surface area (Å²) in [5.74, 6) is -1.79. The van der Waals surface area contributed by atoms with Crippen molar-refractivity contribution in [3.8, 4) is 11.1 Å². The van der Waals surface area contributed by atoms with Crippen molar-refractivity contribution in [2.75, 3.05) is 11.9 Å². The number of amides is 2. The lowest BCUT2D eigenvalue weighted by molar-refractivity contribution is -0.137. The van der Waals surface area contributed by atoms with Crippen molar-refractivity contribution >= 4 is 51.2 Å². The molecule has 0 spiro atoms. The second kappa shape index (κ2) is 10.9. The Balaban J connectivity index is 1.43. The predicted molar refractivity (Wildman–Crippen MR) is 137 cm³/mol. The zero-order valence-electron chi connectivity index (χ0n) is 18.5. The van der Waals surface area contributed by atoms with Gasteiger partial charge < -0.3 is 20.5 Å². The van der Waals surface area contributed by atoms with E-state index in [0.29, 0.717) is 15.2 Å². The molecule has 0 bridgehead atoms. The number of rotatable bonds is 8. The van der Waals surface area contributed by atoms with Gasteiger partial charge in [-0.15, -0.1) is 0 Å². The minimum atomic E-state index is -1.11. The topological polar surface area (TPSA) is 105 Å². The summed E-state index contributed by atoms with van der Waals surface area (Å²) in [6, 6.07) is 19.7. The van der Waals surface area contributed by atoms with Gasteiger partial charge in [0.2, 0.25) is 5.91 Å². The van der Waals surface area contributed by atoms with E-state index >= 15 is 0 Å². The molecule has 0 aromatic heterocycles. The summed E-state index contributed by atoms with van der Waals surface area (Å²) in [5.41, 5.74) is 4.74. The number of alkyl carbamates (subject to hydrolysis) is 1. The molecule has 1 aliphatic carbocycles. The maximum Gasteiger partial charge on any atom is 0.407 e. The molecular weight excluding hydrogens is 536 g/mol. The highest BCUT2D eigenvalue weighted by Gasteiger charge is 2.30. The summed E-state index contributed by atoms with van der Waals surface area (Å²) in [6.45, 7) is 0.0788. The molecule has 3 N–H and O–H groups in total. The second-order valence-corrected chi connectivity index (χ2v) is 9.33. The lowest BCUT2D eigenvalue weighted by Crippen LogP contribution is -2.44. The van der Waals surface area contributed by atoms with Crippen molar-refractivity contribution in [3.05, 3.63) is 87.4 Å². The van der Waals surface area contributed by atoms with E-state index in [4.69, 9.17) is 21.4 Å². The third-order valence-corrected chi connectivity index (χ3v) is 7.02. The van der Waals surface area contributed by atoms with Crippen molar-refractivity contribution in [1.82, 2.24) is 5.32 Å². The van der Waals surface area contributed by atoms with Crippen molar-refractivity contribution in [1.29, 1.82) is 0 Å². The molecule has 1 atom stereocenters. The molecular formula is C26H22BrClN2O5. The minimum Gasteiger partial charge on any atom is -0.481 e. The van der Waals surface area contributed by atoms with E-state index in [1.807, 2.05) is 48.5 Å². The van der Waals surface area contributed by atoms with Gasteiger partial charge in [0.1, 0.15) is 12.6 Å². The van der Waals surface area contributed by atoms with Gasteiger partial charge in [-0.1, -0.05) is 60.1 Å². The van der Waals surface area contributed by atoms with Gasteiger partial charge in [-0.2, -0.15) is 0 Å². The second-order valence-electron chi connectivity index (χ2n) is 8.07. The smallest absolute Gasteiger partial charge is 0.407 e. The quantitative estimate of drug-likeness (QED) is 0.324. The number of fused-ring (bicyclic) bond motifs is 3. The first-order valence-corrected chi connectivity index (χ1v) is 12.1. The van der Waals surface area contributed by atoms with Crippen molar-refractivity contribution in [2.24, 2.45) is 0 Å². The normalized spacial score (nSPS) is 12.9. The molecule has 0 saturated heterocycles. The Morgan fingerprint density at radius 1 is 1.00 bits per heavy atom. The summed E-state index contributed by atoms with van der Waals surface area (Å²) in [4.78, 5) is 36.5. The Hall–Kier alpha value is -3.36. The van der Waals surface area contributed by atoms with Crippen LogP contribution in [0.4, 0.5) is 10.5 Å². The monoisotopic (exact) mass is 556 g/mol. The summed E-state index contributed by atoms with van der Waals surface area (Å²) in [7, 11) is 0. The van der Waals surface area contributed by atoms with E-state index in [-0.39, 0.29) is 25.4 Å². The van der Waals surface area contributed by atoms with Crippen LogP contribution in [0.5, 0.6) is 0 Å². The number of aliphatic carboxylic acids is 1. The number of anilines is 1. The average Bonchev–Trinajstić information content (AvgIpc) is 3.16. The van der Waals surface area contributed by atoms with Crippen LogP contribution in [-0.2, 0) is 14.3 Å². The van der Waals surface area contributed by atoms with Gasteiger partial charge in [-0.25, -0.2) is 4.79 Å². The van der Waals surface area contributed by atoms with E-state index in [1.54, 1.807) is 18.2 Å². The molecule has 4 rings (SSSR count).